The van der Waals surface area contributed by atoms with Crippen LogP contribution in [0.3, 0.4) is 0 Å². The molecule has 7 nitrogen and oxygen atoms in total. The van der Waals surface area contributed by atoms with Crippen LogP contribution in [0.15, 0.2) is 380 Å². The van der Waals surface area contributed by atoms with E-state index in [4.69, 9.17) is 0 Å². The van der Waals surface area contributed by atoms with Gasteiger partial charge in [0.05, 0.1) is 76.5 Å². The van der Waals surface area contributed by atoms with Gasteiger partial charge in [0.2, 0.25) is 9.84 Å². The Balaban J connectivity index is 0.760. The van der Waals surface area contributed by atoms with Gasteiger partial charge in [-0.15, -0.1) is 0 Å². The lowest BCUT2D eigenvalue weighted by Crippen LogP contribution is -2.36. The van der Waals surface area contributed by atoms with Gasteiger partial charge in [-0.2, -0.15) is 0 Å². The first kappa shape index (κ1) is 60.6. The van der Waals surface area contributed by atoms with Crippen LogP contribution in [0.4, 0.5) is 34.1 Å². The molecule has 23 rings (SSSR count). The Morgan fingerprint density at radius 2 is 0.491 bits per heavy atom. The number of sulfone groups is 1. The van der Waals surface area contributed by atoms with Crippen LogP contribution in [-0.2, 0) is 20.7 Å². The molecule has 2 spiro atoms. The molecule has 0 unspecified atom stereocenters. The van der Waals surface area contributed by atoms with Crippen molar-refractivity contribution < 1.29 is 8.42 Å². The third-order valence-corrected chi connectivity index (χ3v) is 25.8. The number of fused-ring (bicyclic) bond motifs is 30. The summed E-state index contributed by atoms with van der Waals surface area (Å²) in [6.07, 6.45) is 1.72. The standard InChI is InChI=1S/C100H63N5O2S/c1-2-63-47-59-69(60-48-63)108(106,107)70-61-57-68(58-62-70)105-88-42-20-9-31-77(88)95-97-93(75-29-7-18-40-86(75)103(97)66-53-49-64(50-54-66)101-89-43-21-14-36-82(89)99(83-37-15-22-44-90(83)101)78-32-10-3-25-71(78)72-26-4-11-33-79(72)99)96-94(98(95)105)76-30-8-19-41-87(76)104(96)67-55-51-65(52-56-67)102-91-45-23-16-38-84(91)100(85-39-17-24-46-92(85)102)80-34-12-5-27-73(80)74-28-6-13-35-81(74)100/h2-62H,1H2. The third-order valence-electron chi connectivity index (χ3n) is 24.0. The number of benzene rings is 16. The molecule has 2 aliphatic carbocycles. The lowest BCUT2D eigenvalue weighted by Gasteiger charge is -2.45. The van der Waals surface area contributed by atoms with E-state index in [0.717, 1.165) is 122 Å². The van der Waals surface area contributed by atoms with Crippen molar-refractivity contribution in [2.75, 3.05) is 9.80 Å². The largest absolute Gasteiger partial charge is 0.310 e. The molecule has 0 fully saturated rings. The summed E-state index contributed by atoms with van der Waals surface area (Å²) in [5.41, 5.74) is 30.7. The van der Waals surface area contributed by atoms with Crippen molar-refractivity contribution in [3.05, 3.63) is 421 Å². The summed E-state index contributed by atoms with van der Waals surface area (Å²) in [5.74, 6) is 0. The summed E-state index contributed by atoms with van der Waals surface area (Å²) in [6, 6.07) is 131. The second-order valence-corrected chi connectivity index (χ2v) is 30.9. The summed E-state index contributed by atoms with van der Waals surface area (Å²) in [6.45, 7) is 3.90. The van der Waals surface area contributed by atoms with E-state index in [0.29, 0.717) is 0 Å². The fourth-order valence-corrected chi connectivity index (χ4v) is 21.1. The van der Waals surface area contributed by atoms with Crippen molar-refractivity contribution >= 4 is 115 Å². The normalized spacial score (nSPS) is 14.0. The van der Waals surface area contributed by atoms with E-state index in [2.05, 4.69) is 346 Å². The van der Waals surface area contributed by atoms with Crippen LogP contribution in [0.25, 0.3) is 111 Å². The topological polar surface area (TPSA) is 55.4 Å². The molecule has 3 aromatic heterocycles. The van der Waals surface area contributed by atoms with Gasteiger partial charge in [0.25, 0.3) is 0 Å². The average molecular weight is 1400 g/mol. The Hall–Kier alpha value is -13.8. The van der Waals surface area contributed by atoms with E-state index in [1.807, 2.05) is 12.1 Å². The van der Waals surface area contributed by atoms with Crippen molar-refractivity contribution in [2.45, 2.75) is 20.6 Å². The second-order valence-electron chi connectivity index (χ2n) is 29.0. The van der Waals surface area contributed by atoms with E-state index in [9.17, 15) is 8.42 Å². The molecule has 0 amide bonds. The Morgan fingerprint density at radius 3 is 0.796 bits per heavy atom. The Kier molecular flexibility index (Phi) is 12.6. The molecular weight excluding hydrogens is 1340 g/mol. The van der Waals surface area contributed by atoms with Crippen LogP contribution in [0.2, 0.25) is 0 Å². The maximum Gasteiger partial charge on any atom is 0.206 e. The summed E-state index contributed by atoms with van der Waals surface area (Å²) >= 11 is 0. The number of aromatic nitrogens is 3. The molecule has 19 aromatic rings. The quantitative estimate of drug-likeness (QED) is 0.152. The maximum absolute atomic E-state index is 14.6. The molecule has 0 saturated heterocycles. The predicted octanol–water partition coefficient (Wildman–Crippen LogP) is 24.7. The van der Waals surface area contributed by atoms with Crippen LogP contribution in [0, 0.1) is 0 Å². The van der Waals surface area contributed by atoms with E-state index in [-0.39, 0.29) is 9.79 Å². The van der Waals surface area contributed by atoms with E-state index >= 15 is 0 Å². The molecule has 5 heterocycles. The van der Waals surface area contributed by atoms with Gasteiger partial charge in [-0.25, -0.2) is 8.42 Å². The van der Waals surface area contributed by atoms with Gasteiger partial charge >= 0.3 is 0 Å². The zero-order valence-electron chi connectivity index (χ0n) is 58.4. The first-order valence-electron chi connectivity index (χ1n) is 36.9. The number of hydrogen-bond donors (Lipinski definition) is 0. The van der Waals surface area contributed by atoms with E-state index < -0.39 is 20.7 Å². The summed E-state index contributed by atoms with van der Waals surface area (Å²) in [5, 5.41) is 6.56. The number of anilines is 6. The highest BCUT2D eigenvalue weighted by Gasteiger charge is 2.53. The summed E-state index contributed by atoms with van der Waals surface area (Å²) < 4.78 is 36.6. The van der Waals surface area contributed by atoms with Gasteiger partial charge in [-0.05, 0) is 200 Å². The first-order valence-corrected chi connectivity index (χ1v) is 38.4. The Bertz CT molecular complexity index is 6760. The molecular formula is C100H63N5O2S. The van der Waals surface area contributed by atoms with Crippen molar-refractivity contribution in [2.24, 2.45) is 0 Å². The van der Waals surface area contributed by atoms with Crippen LogP contribution in [-0.4, -0.2) is 22.1 Å². The number of hydrogen-bond acceptors (Lipinski definition) is 4. The van der Waals surface area contributed by atoms with Gasteiger partial charge in [0, 0.05) is 60.8 Å². The first-order chi connectivity index (χ1) is 53.3. The minimum Gasteiger partial charge on any atom is -0.310 e. The highest BCUT2D eigenvalue weighted by Crippen LogP contribution is 2.66. The minimum absolute atomic E-state index is 0.213. The Labute approximate surface area is 623 Å². The molecule has 8 heteroatoms. The molecule has 0 atom stereocenters. The molecule has 2 aliphatic heterocycles. The van der Waals surface area contributed by atoms with Crippen LogP contribution in [0.1, 0.15) is 50.1 Å². The highest BCUT2D eigenvalue weighted by atomic mass is 32.2. The van der Waals surface area contributed by atoms with Crippen LogP contribution in [0.5, 0.6) is 0 Å². The Morgan fingerprint density at radius 1 is 0.250 bits per heavy atom. The minimum atomic E-state index is -3.89. The molecule has 4 aliphatic rings. The number of rotatable bonds is 8. The molecule has 108 heavy (non-hydrogen) atoms. The fraction of sp³-hybridized carbons (Fsp3) is 0.0200. The maximum atomic E-state index is 14.6. The summed E-state index contributed by atoms with van der Waals surface area (Å²) in [7, 11) is -3.89. The van der Waals surface area contributed by atoms with Gasteiger partial charge in [-0.3, -0.25) is 0 Å². The molecule has 0 radical (unpaired) electrons. The number of nitrogens with zero attached hydrogens (tertiary/aromatic N) is 5. The van der Waals surface area contributed by atoms with Crippen LogP contribution >= 0.6 is 0 Å². The zero-order chi connectivity index (χ0) is 71.3. The van der Waals surface area contributed by atoms with Crippen molar-refractivity contribution in [3.63, 3.8) is 0 Å². The average Bonchev–Trinajstić information content (AvgIpc) is 1.49. The van der Waals surface area contributed by atoms with Gasteiger partial charge in [0.1, 0.15) is 0 Å². The predicted molar refractivity (Wildman–Crippen MR) is 443 cm³/mol. The van der Waals surface area contributed by atoms with Crippen molar-refractivity contribution in [1.82, 2.24) is 13.7 Å². The SMILES string of the molecule is C=Cc1ccc(S(=O)(=O)c2ccc(-n3c4ccccc4c4c5c(c6ccccc6n5-c5ccc(N6c7ccccc7C7(c8ccccc8-c8ccccc87)c7ccccc76)cc5)c5c(c6ccccc6n5-c5ccc(N6c7ccccc7C7(c8ccccc8-c8ccccc87)c7ccccc76)cc5)c43)cc2)cc1. The van der Waals surface area contributed by atoms with E-state index in [1.165, 1.54) is 66.8 Å². The second kappa shape index (κ2) is 22.4. The monoisotopic (exact) mass is 1400 g/mol. The van der Waals surface area contributed by atoms with Crippen molar-refractivity contribution in [3.8, 4) is 39.3 Å². The van der Waals surface area contributed by atoms with Gasteiger partial charge < -0.3 is 23.5 Å². The smallest absolute Gasteiger partial charge is 0.206 e. The number of para-hydroxylation sites is 7. The molecule has 0 saturated carbocycles. The zero-order valence-corrected chi connectivity index (χ0v) is 59.2. The van der Waals surface area contributed by atoms with E-state index in [1.54, 1.807) is 42.5 Å². The van der Waals surface area contributed by atoms with Gasteiger partial charge in [-0.1, -0.05) is 249 Å². The van der Waals surface area contributed by atoms with Gasteiger partial charge in [0.15, 0.2) is 0 Å². The molecule has 506 valence electrons. The fourth-order valence-electron chi connectivity index (χ4n) is 19.8. The molecule has 0 bridgehead atoms. The third kappa shape index (κ3) is 7.82. The van der Waals surface area contributed by atoms with Crippen molar-refractivity contribution in [1.29, 1.82) is 0 Å². The lowest BCUT2D eigenvalue weighted by molar-refractivity contribution is 0.596. The summed E-state index contributed by atoms with van der Waals surface area (Å²) in [4.78, 5) is 5.38. The molecule has 16 aromatic carbocycles. The molecule has 0 N–H and O–H groups in total. The lowest BCUT2D eigenvalue weighted by atomic mass is 9.64. The highest BCUT2D eigenvalue weighted by molar-refractivity contribution is 7.91. The van der Waals surface area contributed by atoms with Crippen LogP contribution < -0.4 is 9.80 Å².